The van der Waals surface area contributed by atoms with Crippen molar-refractivity contribution in [1.82, 2.24) is 4.90 Å². The highest BCUT2D eigenvalue weighted by molar-refractivity contribution is 5.76. The monoisotopic (exact) mass is 333 g/mol. The number of rotatable bonds is 4. The van der Waals surface area contributed by atoms with E-state index in [0.717, 1.165) is 6.42 Å². The van der Waals surface area contributed by atoms with Crippen LogP contribution in [0.1, 0.15) is 39.2 Å². The highest BCUT2D eigenvalue weighted by atomic mass is 16.6. The van der Waals surface area contributed by atoms with Crippen LogP contribution in [0.5, 0.6) is 0 Å². The first kappa shape index (κ1) is 18.3. The van der Waals surface area contributed by atoms with Gasteiger partial charge in [-0.05, 0) is 45.6 Å². The van der Waals surface area contributed by atoms with E-state index in [1.165, 1.54) is 12.7 Å². The fourth-order valence-electron chi connectivity index (χ4n) is 3.14. The molecule has 0 saturated carbocycles. The Morgan fingerprint density at radius 1 is 1.21 bits per heavy atom. The lowest BCUT2D eigenvalue weighted by atomic mass is 9.94. The smallest absolute Gasteiger partial charge is 0.410 e. The molecular formula is C19H27NO4. The molecule has 1 aromatic carbocycles. The van der Waals surface area contributed by atoms with Gasteiger partial charge in [0.1, 0.15) is 5.60 Å². The summed E-state index contributed by atoms with van der Waals surface area (Å²) in [5.74, 6) is -0.537. The number of methoxy groups -OCH3 is 1. The van der Waals surface area contributed by atoms with Crippen molar-refractivity contribution in [3.05, 3.63) is 35.9 Å². The number of carbonyl (C=O) groups excluding carboxylic acids is 2. The number of aryl methyl sites for hydroxylation is 1. The van der Waals surface area contributed by atoms with Gasteiger partial charge >= 0.3 is 12.1 Å². The Morgan fingerprint density at radius 3 is 2.46 bits per heavy atom. The number of benzene rings is 1. The van der Waals surface area contributed by atoms with Crippen molar-refractivity contribution >= 4 is 12.1 Å². The van der Waals surface area contributed by atoms with Crippen molar-refractivity contribution in [3.8, 4) is 0 Å². The third-order valence-electron chi connectivity index (χ3n) is 4.25. The second-order valence-corrected chi connectivity index (χ2v) is 7.18. The Hall–Kier alpha value is -2.04. The van der Waals surface area contributed by atoms with Crippen LogP contribution in [0.15, 0.2) is 30.3 Å². The van der Waals surface area contributed by atoms with E-state index in [2.05, 4.69) is 12.1 Å². The van der Waals surface area contributed by atoms with Crippen molar-refractivity contribution in [2.24, 2.45) is 5.92 Å². The molecule has 5 heteroatoms. The van der Waals surface area contributed by atoms with Crippen LogP contribution < -0.4 is 0 Å². The molecule has 2 atom stereocenters. The second kappa shape index (κ2) is 7.69. The number of hydrogen-bond acceptors (Lipinski definition) is 4. The molecule has 1 amide bonds. The van der Waals surface area contributed by atoms with Gasteiger partial charge in [0.05, 0.1) is 13.0 Å². The summed E-state index contributed by atoms with van der Waals surface area (Å²) < 4.78 is 10.4. The fourth-order valence-corrected chi connectivity index (χ4v) is 3.14. The molecule has 1 saturated heterocycles. The molecule has 0 aromatic heterocycles. The van der Waals surface area contributed by atoms with Crippen molar-refractivity contribution in [3.63, 3.8) is 0 Å². The van der Waals surface area contributed by atoms with Gasteiger partial charge in [0.15, 0.2) is 0 Å². The summed E-state index contributed by atoms with van der Waals surface area (Å²) >= 11 is 0. The molecule has 1 aliphatic rings. The summed E-state index contributed by atoms with van der Waals surface area (Å²) in [6, 6.07) is 9.89. The lowest BCUT2D eigenvalue weighted by molar-refractivity contribution is -0.146. The van der Waals surface area contributed by atoms with Crippen LogP contribution in [0, 0.1) is 5.92 Å². The normalized spacial score (nSPS) is 20.8. The zero-order valence-electron chi connectivity index (χ0n) is 15.0. The van der Waals surface area contributed by atoms with E-state index in [-0.39, 0.29) is 24.0 Å². The highest BCUT2D eigenvalue weighted by Crippen LogP contribution is 2.30. The standard InChI is InChI=1S/C19H27NO4/c1-19(2,3)24-18(22)20-13-12-15(17(21)23-4)16(20)11-10-14-8-6-5-7-9-14/h5-9,15-16H,10-13H2,1-4H3. The summed E-state index contributed by atoms with van der Waals surface area (Å²) in [5, 5.41) is 0. The molecular weight excluding hydrogens is 306 g/mol. The van der Waals surface area contributed by atoms with Crippen molar-refractivity contribution in [1.29, 1.82) is 0 Å². The maximum atomic E-state index is 12.5. The van der Waals surface area contributed by atoms with E-state index < -0.39 is 5.60 Å². The van der Waals surface area contributed by atoms with Crippen LogP contribution in [-0.4, -0.2) is 42.3 Å². The maximum Gasteiger partial charge on any atom is 0.410 e. The first-order chi connectivity index (χ1) is 11.3. The highest BCUT2D eigenvalue weighted by Gasteiger charge is 2.42. The van der Waals surface area contributed by atoms with Crippen LogP contribution >= 0.6 is 0 Å². The fraction of sp³-hybridized carbons (Fsp3) is 0.579. The molecule has 1 heterocycles. The van der Waals surface area contributed by atoms with Crippen molar-refractivity contribution in [2.75, 3.05) is 13.7 Å². The third kappa shape index (κ3) is 4.73. The summed E-state index contributed by atoms with van der Waals surface area (Å²) in [5.41, 5.74) is 0.641. The molecule has 132 valence electrons. The molecule has 0 radical (unpaired) electrons. The van der Waals surface area contributed by atoms with Crippen LogP contribution in [0.3, 0.4) is 0 Å². The zero-order valence-corrected chi connectivity index (χ0v) is 15.0. The van der Waals surface area contributed by atoms with Gasteiger partial charge in [-0.15, -0.1) is 0 Å². The molecule has 1 aromatic rings. The SMILES string of the molecule is COC(=O)C1CCN(C(=O)OC(C)(C)C)C1CCc1ccccc1. The van der Waals surface area contributed by atoms with Gasteiger partial charge in [0.25, 0.3) is 0 Å². The van der Waals surface area contributed by atoms with Gasteiger partial charge in [-0.25, -0.2) is 4.79 Å². The number of hydrogen-bond donors (Lipinski definition) is 0. The average molecular weight is 333 g/mol. The first-order valence-electron chi connectivity index (χ1n) is 8.43. The van der Waals surface area contributed by atoms with Gasteiger partial charge in [0, 0.05) is 12.6 Å². The van der Waals surface area contributed by atoms with E-state index in [9.17, 15) is 9.59 Å². The van der Waals surface area contributed by atoms with Crippen LogP contribution in [0.4, 0.5) is 4.79 Å². The summed E-state index contributed by atoms with van der Waals surface area (Å²) in [6.45, 7) is 6.06. The minimum absolute atomic E-state index is 0.187. The lowest BCUT2D eigenvalue weighted by Crippen LogP contribution is -2.43. The first-order valence-corrected chi connectivity index (χ1v) is 8.43. The number of ether oxygens (including phenoxy) is 2. The van der Waals surface area contributed by atoms with E-state index >= 15 is 0 Å². The second-order valence-electron chi connectivity index (χ2n) is 7.18. The number of likely N-dealkylation sites (tertiary alicyclic amines) is 1. The predicted octanol–water partition coefficient (Wildman–Crippen LogP) is 3.42. The number of nitrogens with zero attached hydrogens (tertiary/aromatic N) is 1. The molecule has 1 aliphatic heterocycles. The van der Waals surface area contributed by atoms with Gasteiger partial charge in [-0.2, -0.15) is 0 Å². The molecule has 0 spiro atoms. The third-order valence-corrected chi connectivity index (χ3v) is 4.25. The zero-order chi connectivity index (χ0) is 17.7. The molecule has 0 bridgehead atoms. The maximum absolute atomic E-state index is 12.5. The van der Waals surface area contributed by atoms with E-state index in [1.807, 2.05) is 39.0 Å². The Labute approximate surface area is 143 Å². The van der Waals surface area contributed by atoms with Crippen LogP contribution in [0.25, 0.3) is 0 Å². The average Bonchev–Trinajstić information content (AvgIpc) is 2.95. The number of carbonyl (C=O) groups is 2. The molecule has 0 N–H and O–H groups in total. The molecule has 2 unspecified atom stereocenters. The molecule has 24 heavy (non-hydrogen) atoms. The van der Waals surface area contributed by atoms with E-state index in [1.54, 1.807) is 4.90 Å². The Balaban J connectivity index is 2.11. The number of amides is 1. The largest absolute Gasteiger partial charge is 0.469 e. The van der Waals surface area contributed by atoms with Crippen LogP contribution in [-0.2, 0) is 20.7 Å². The molecule has 1 fully saturated rings. The Morgan fingerprint density at radius 2 is 1.88 bits per heavy atom. The number of esters is 1. The molecule has 0 aliphatic carbocycles. The van der Waals surface area contributed by atoms with Gasteiger partial charge in [-0.3, -0.25) is 4.79 Å². The van der Waals surface area contributed by atoms with Crippen molar-refractivity contribution < 1.29 is 19.1 Å². The Bertz CT molecular complexity index is 564. The quantitative estimate of drug-likeness (QED) is 0.792. The molecule has 5 nitrogen and oxygen atoms in total. The minimum atomic E-state index is -0.551. The van der Waals surface area contributed by atoms with Crippen LogP contribution in [0.2, 0.25) is 0 Å². The Kier molecular flexibility index (Phi) is 5.86. The van der Waals surface area contributed by atoms with Gasteiger partial charge in [0.2, 0.25) is 0 Å². The molecule has 2 rings (SSSR count). The minimum Gasteiger partial charge on any atom is -0.469 e. The topological polar surface area (TPSA) is 55.8 Å². The van der Waals surface area contributed by atoms with Gasteiger partial charge < -0.3 is 14.4 Å². The summed E-state index contributed by atoms with van der Waals surface area (Å²) in [6.07, 6.45) is 1.78. The van der Waals surface area contributed by atoms with E-state index in [0.29, 0.717) is 19.4 Å². The van der Waals surface area contributed by atoms with Gasteiger partial charge in [-0.1, -0.05) is 30.3 Å². The van der Waals surface area contributed by atoms with Crippen molar-refractivity contribution in [2.45, 2.75) is 51.7 Å². The van der Waals surface area contributed by atoms with E-state index in [4.69, 9.17) is 9.47 Å². The summed E-state index contributed by atoms with van der Waals surface area (Å²) in [4.78, 5) is 26.3. The predicted molar refractivity (Wildman–Crippen MR) is 91.6 cm³/mol. The lowest BCUT2D eigenvalue weighted by Gasteiger charge is -2.30. The summed E-state index contributed by atoms with van der Waals surface area (Å²) in [7, 11) is 1.40.